The van der Waals surface area contributed by atoms with Crippen LogP contribution in [0.4, 0.5) is 0 Å². The number of aliphatic hydroxyl groups is 1. The molecule has 0 fully saturated rings. The number of hydrogen-bond acceptors (Lipinski definition) is 3. The number of benzene rings is 1. The molecule has 0 aromatic heterocycles. The average Bonchev–Trinajstić information content (AvgIpc) is 2.26. The maximum Gasteiger partial charge on any atom is 0.337 e. The first-order valence-corrected chi connectivity index (χ1v) is 5.50. The van der Waals surface area contributed by atoms with E-state index in [9.17, 15) is 14.7 Å². The molecule has 1 aromatic rings. The summed E-state index contributed by atoms with van der Waals surface area (Å²) in [5.41, 5.74) is 0.370. The van der Waals surface area contributed by atoms with Crippen molar-refractivity contribution in [3.8, 4) is 0 Å². The minimum absolute atomic E-state index is 0.119. The van der Waals surface area contributed by atoms with Gasteiger partial charge in [0.1, 0.15) is 0 Å². The van der Waals surface area contributed by atoms with Crippen LogP contribution in [0.2, 0.25) is 0 Å². The van der Waals surface area contributed by atoms with Crippen LogP contribution in [0, 0.1) is 0 Å². The summed E-state index contributed by atoms with van der Waals surface area (Å²) in [5, 5.41) is 18.2. The summed E-state index contributed by atoms with van der Waals surface area (Å²) < 4.78 is 0.621. The van der Waals surface area contributed by atoms with E-state index in [0.29, 0.717) is 4.47 Å². The summed E-state index contributed by atoms with van der Waals surface area (Å²) in [7, 11) is 0. The molecule has 1 rings (SSSR count). The van der Waals surface area contributed by atoms with Gasteiger partial charge in [0.2, 0.25) is 0 Å². The van der Waals surface area contributed by atoms with Gasteiger partial charge in [-0.25, -0.2) is 4.79 Å². The Labute approximate surface area is 101 Å². The van der Waals surface area contributed by atoms with Crippen molar-refractivity contribution < 1.29 is 19.8 Å². The SMILES string of the molecule is CCC(=O)c1ccc(Br)cc1C(O)C(=O)O. The van der Waals surface area contributed by atoms with Gasteiger partial charge in [-0.05, 0) is 18.2 Å². The summed E-state index contributed by atoms with van der Waals surface area (Å²) in [6.45, 7) is 1.68. The number of carbonyl (C=O) groups is 2. The van der Waals surface area contributed by atoms with E-state index in [2.05, 4.69) is 15.9 Å². The van der Waals surface area contributed by atoms with Crippen molar-refractivity contribution in [2.45, 2.75) is 19.4 Å². The number of ketones is 1. The fourth-order valence-electron chi connectivity index (χ4n) is 1.34. The standard InChI is InChI=1S/C11H11BrO4/c1-2-9(13)7-4-3-6(12)5-8(7)10(14)11(15)16/h3-5,10,14H,2H2,1H3,(H,15,16). The normalized spacial score (nSPS) is 12.2. The van der Waals surface area contributed by atoms with Crippen LogP contribution in [0.3, 0.4) is 0 Å². The van der Waals surface area contributed by atoms with Crippen LogP contribution < -0.4 is 0 Å². The van der Waals surface area contributed by atoms with Gasteiger partial charge in [-0.1, -0.05) is 22.9 Å². The number of carboxylic acid groups (broad SMARTS) is 1. The number of halogens is 1. The zero-order chi connectivity index (χ0) is 12.3. The molecule has 4 nitrogen and oxygen atoms in total. The Morgan fingerprint density at radius 2 is 2.06 bits per heavy atom. The highest BCUT2D eigenvalue weighted by Gasteiger charge is 2.22. The van der Waals surface area contributed by atoms with E-state index in [1.54, 1.807) is 13.0 Å². The largest absolute Gasteiger partial charge is 0.479 e. The minimum Gasteiger partial charge on any atom is -0.479 e. The number of aliphatic carboxylic acids is 1. The predicted molar refractivity (Wildman–Crippen MR) is 61.4 cm³/mol. The molecular weight excluding hydrogens is 276 g/mol. The fourth-order valence-corrected chi connectivity index (χ4v) is 1.72. The first-order chi connectivity index (χ1) is 7.47. The third kappa shape index (κ3) is 2.68. The number of carbonyl (C=O) groups excluding carboxylic acids is 1. The lowest BCUT2D eigenvalue weighted by Gasteiger charge is -2.11. The number of carboxylic acids is 1. The van der Waals surface area contributed by atoms with Gasteiger partial charge in [-0.3, -0.25) is 4.79 Å². The van der Waals surface area contributed by atoms with E-state index in [4.69, 9.17) is 5.11 Å². The second kappa shape index (κ2) is 5.23. The van der Waals surface area contributed by atoms with Crippen molar-refractivity contribution in [2.75, 3.05) is 0 Å². The van der Waals surface area contributed by atoms with Crippen LogP contribution in [0.25, 0.3) is 0 Å². The highest BCUT2D eigenvalue weighted by Crippen LogP contribution is 2.24. The van der Waals surface area contributed by atoms with E-state index in [-0.39, 0.29) is 23.3 Å². The fraction of sp³-hybridized carbons (Fsp3) is 0.273. The summed E-state index contributed by atoms with van der Waals surface area (Å²) >= 11 is 3.17. The molecule has 1 unspecified atom stereocenters. The van der Waals surface area contributed by atoms with Crippen molar-refractivity contribution in [3.05, 3.63) is 33.8 Å². The number of rotatable bonds is 4. The second-order valence-corrected chi connectivity index (χ2v) is 4.16. The van der Waals surface area contributed by atoms with Gasteiger partial charge < -0.3 is 10.2 Å². The Hall–Kier alpha value is -1.20. The first-order valence-electron chi connectivity index (χ1n) is 4.71. The maximum atomic E-state index is 11.6. The molecule has 0 aliphatic carbocycles. The van der Waals surface area contributed by atoms with E-state index in [1.807, 2.05) is 0 Å². The van der Waals surface area contributed by atoms with Gasteiger partial charge >= 0.3 is 5.97 Å². The molecule has 0 saturated heterocycles. The number of hydrogen-bond donors (Lipinski definition) is 2. The van der Waals surface area contributed by atoms with Crippen molar-refractivity contribution >= 4 is 27.7 Å². The number of Topliss-reactive ketones (excluding diaryl/α,β-unsaturated/α-hetero) is 1. The van der Waals surface area contributed by atoms with Gasteiger partial charge in [0, 0.05) is 22.0 Å². The lowest BCUT2D eigenvalue weighted by molar-refractivity contribution is -0.146. The van der Waals surface area contributed by atoms with Crippen LogP contribution in [-0.4, -0.2) is 22.0 Å². The van der Waals surface area contributed by atoms with Crippen LogP contribution in [-0.2, 0) is 4.79 Å². The molecule has 0 saturated carbocycles. The molecule has 0 aliphatic heterocycles. The molecule has 86 valence electrons. The molecule has 0 amide bonds. The Kier molecular flexibility index (Phi) is 4.20. The third-order valence-corrected chi connectivity index (χ3v) is 2.66. The molecule has 0 spiro atoms. The van der Waals surface area contributed by atoms with Crippen molar-refractivity contribution in [2.24, 2.45) is 0 Å². The molecule has 1 aromatic carbocycles. The molecule has 0 aliphatic rings. The third-order valence-electron chi connectivity index (χ3n) is 2.16. The Balaban J connectivity index is 3.28. The smallest absolute Gasteiger partial charge is 0.337 e. The van der Waals surface area contributed by atoms with Crippen molar-refractivity contribution in [1.82, 2.24) is 0 Å². The minimum atomic E-state index is -1.68. The highest BCUT2D eigenvalue weighted by molar-refractivity contribution is 9.10. The Morgan fingerprint density at radius 3 is 2.56 bits per heavy atom. The van der Waals surface area contributed by atoms with Crippen LogP contribution in [0.1, 0.15) is 35.4 Å². The molecule has 0 bridgehead atoms. The van der Waals surface area contributed by atoms with Gasteiger partial charge in [-0.2, -0.15) is 0 Å². The molecular formula is C11H11BrO4. The molecule has 5 heteroatoms. The van der Waals surface area contributed by atoms with Crippen LogP contribution in [0.15, 0.2) is 22.7 Å². The van der Waals surface area contributed by atoms with Crippen LogP contribution >= 0.6 is 15.9 Å². The zero-order valence-electron chi connectivity index (χ0n) is 8.61. The lowest BCUT2D eigenvalue weighted by atomic mass is 9.98. The van der Waals surface area contributed by atoms with Gasteiger partial charge in [0.15, 0.2) is 11.9 Å². The molecule has 0 radical (unpaired) electrons. The van der Waals surface area contributed by atoms with E-state index in [0.717, 1.165) is 0 Å². The van der Waals surface area contributed by atoms with Gasteiger partial charge in [0.05, 0.1) is 0 Å². The average molecular weight is 287 g/mol. The summed E-state index contributed by atoms with van der Waals surface area (Å²) in [4.78, 5) is 22.3. The summed E-state index contributed by atoms with van der Waals surface area (Å²) in [6, 6.07) is 4.60. The van der Waals surface area contributed by atoms with Gasteiger partial charge in [0.25, 0.3) is 0 Å². The Morgan fingerprint density at radius 1 is 1.44 bits per heavy atom. The van der Waals surface area contributed by atoms with E-state index in [1.165, 1.54) is 12.1 Å². The second-order valence-electron chi connectivity index (χ2n) is 3.25. The first kappa shape index (κ1) is 12.9. The quantitative estimate of drug-likeness (QED) is 0.832. The highest BCUT2D eigenvalue weighted by atomic mass is 79.9. The van der Waals surface area contributed by atoms with E-state index >= 15 is 0 Å². The predicted octanol–water partition coefficient (Wildman–Crippen LogP) is 2.16. The summed E-state index contributed by atoms with van der Waals surface area (Å²) in [5.74, 6) is -1.56. The molecule has 1 atom stereocenters. The monoisotopic (exact) mass is 286 g/mol. The van der Waals surface area contributed by atoms with Crippen molar-refractivity contribution in [3.63, 3.8) is 0 Å². The Bertz CT molecular complexity index is 428. The van der Waals surface area contributed by atoms with Crippen molar-refractivity contribution in [1.29, 1.82) is 0 Å². The van der Waals surface area contributed by atoms with Gasteiger partial charge in [-0.15, -0.1) is 0 Å². The summed E-state index contributed by atoms with van der Waals surface area (Å²) in [6.07, 6.45) is -1.41. The topological polar surface area (TPSA) is 74.6 Å². The molecule has 16 heavy (non-hydrogen) atoms. The number of aliphatic hydroxyl groups excluding tert-OH is 1. The molecule has 0 heterocycles. The van der Waals surface area contributed by atoms with Crippen LogP contribution in [0.5, 0.6) is 0 Å². The molecule has 2 N–H and O–H groups in total. The lowest BCUT2D eigenvalue weighted by Crippen LogP contribution is -2.14. The zero-order valence-corrected chi connectivity index (χ0v) is 10.2. The van der Waals surface area contributed by atoms with E-state index < -0.39 is 12.1 Å². The maximum absolute atomic E-state index is 11.6.